The normalized spacial score (nSPS) is 15.0. The quantitative estimate of drug-likeness (QED) is 0.672. The zero-order chi connectivity index (χ0) is 21.9. The van der Waals surface area contributed by atoms with Crippen LogP contribution in [0, 0.1) is 5.82 Å². The van der Waals surface area contributed by atoms with Crippen molar-refractivity contribution in [3.63, 3.8) is 0 Å². The number of carbonyl (C=O) groups is 1. The van der Waals surface area contributed by atoms with Gasteiger partial charge in [-0.15, -0.1) is 0 Å². The highest BCUT2D eigenvalue weighted by molar-refractivity contribution is 7.89. The second kappa shape index (κ2) is 9.32. The zero-order valence-corrected chi connectivity index (χ0v) is 18.6. The Morgan fingerprint density at radius 3 is 2.30 bits per heavy atom. The van der Waals surface area contributed by atoms with Crippen molar-refractivity contribution in [2.45, 2.75) is 18.7 Å². The van der Waals surface area contributed by atoms with E-state index < -0.39 is 20.7 Å². The number of hydrogen-bond acceptors (Lipinski definition) is 4. The first-order valence-electron chi connectivity index (χ1n) is 9.88. The molecular formula is C21H25ClFN3O3S. The Kier molecular flexibility index (Phi) is 7.00. The Bertz CT molecular complexity index is 1020. The van der Waals surface area contributed by atoms with Gasteiger partial charge in [-0.3, -0.25) is 4.79 Å². The van der Waals surface area contributed by atoms with E-state index >= 15 is 0 Å². The van der Waals surface area contributed by atoms with Crippen LogP contribution in [0.1, 0.15) is 24.2 Å². The van der Waals surface area contributed by atoms with E-state index in [4.69, 9.17) is 11.6 Å². The number of hydrogen-bond donors (Lipinski definition) is 0. The van der Waals surface area contributed by atoms with Crippen LogP contribution in [0.3, 0.4) is 0 Å². The summed E-state index contributed by atoms with van der Waals surface area (Å²) in [7, 11) is -4.00. The van der Waals surface area contributed by atoms with Gasteiger partial charge in [0.15, 0.2) is 0 Å². The number of piperazine rings is 1. The van der Waals surface area contributed by atoms with E-state index in [-0.39, 0.29) is 24.6 Å². The number of anilines is 1. The van der Waals surface area contributed by atoms with E-state index in [0.29, 0.717) is 31.2 Å². The Balaban J connectivity index is 1.78. The Hall–Kier alpha value is -2.16. The fourth-order valence-electron chi connectivity index (χ4n) is 3.58. The predicted octanol–water partition coefficient (Wildman–Crippen LogP) is 3.47. The average Bonchev–Trinajstić information content (AvgIpc) is 2.74. The first-order valence-corrected chi connectivity index (χ1v) is 11.7. The number of amides is 1. The van der Waals surface area contributed by atoms with E-state index in [1.807, 2.05) is 24.3 Å². The molecule has 162 valence electrons. The molecule has 2 aromatic carbocycles. The summed E-state index contributed by atoms with van der Waals surface area (Å²) in [5.74, 6) is -1.17. The fraction of sp³-hybridized carbons (Fsp3) is 0.381. The highest BCUT2D eigenvalue weighted by atomic mass is 35.5. The second-order valence-electron chi connectivity index (χ2n) is 6.97. The molecular weight excluding hydrogens is 429 g/mol. The Morgan fingerprint density at radius 2 is 1.70 bits per heavy atom. The molecule has 1 heterocycles. The fourth-order valence-corrected chi connectivity index (χ4v) is 5.38. The SMILES string of the molecule is CCN(CC)S(=O)(=O)c1cc(C(=O)N2CCN(c3ccccc3Cl)CC2)ccc1F. The molecule has 30 heavy (non-hydrogen) atoms. The second-order valence-corrected chi connectivity index (χ2v) is 9.28. The number of sulfonamides is 1. The lowest BCUT2D eigenvalue weighted by molar-refractivity contribution is 0.0746. The van der Waals surface area contributed by atoms with Gasteiger partial charge in [0.25, 0.3) is 5.91 Å². The molecule has 9 heteroatoms. The summed E-state index contributed by atoms with van der Waals surface area (Å²) >= 11 is 6.26. The van der Waals surface area contributed by atoms with Gasteiger partial charge < -0.3 is 9.80 Å². The molecule has 0 atom stereocenters. The van der Waals surface area contributed by atoms with Crippen molar-refractivity contribution < 1.29 is 17.6 Å². The summed E-state index contributed by atoms with van der Waals surface area (Å²) < 4.78 is 41.0. The smallest absolute Gasteiger partial charge is 0.254 e. The summed E-state index contributed by atoms with van der Waals surface area (Å²) in [6, 6.07) is 11.1. The molecule has 0 aromatic heterocycles. The van der Waals surface area contributed by atoms with Crippen LogP contribution in [0.15, 0.2) is 47.4 Å². The topological polar surface area (TPSA) is 60.9 Å². The Morgan fingerprint density at radius 1 is 1.07 bits per heavy atom. The van der Waals surface area contributed by atoms with Gasteiger partial charge in [0, 0.05) is 44.8 Å². The number of nitrogens with zero attached hydrogens (tertiary/aromatic N) is 3. The van der Waals surface area contributed by atoms with Crippen molar-refractivity contribution >= 4 is 33.2 Å². The van der Waals surface area contributed by atoms with Crippen LogP contribution in [0.2, 0.25) is 5.02 Å². The highest BCUT2D eigenvalue weighted by Crippen LogP contribution is 2.27. The van der Waals surface area contributed by atoms with Gasteiger partial charge in [0.2, 0.25) is 10.0 Å². The summed E-state index contributed by atoms with van der Waals surface area (Å²) in [5.41, 5.74) is 1.08. The molecule has 0 unspecified atom stereocenters. The van der Waals surface area contributed by atoms with Crippen molar-refractivity contribution in [2.24, 2.45) is 0 Å². The molecule has 0 radical (unpaired) electrons. The number of halogens is 2. The molecule has 2 aromatic rings. The van der Waals surface area contributed by atoms with E-state index in [0.717, 1.165) is 17.8 Å². The van der Waals surface area contributed by atoms with Gasteiger partial charge in [-0.25, -0.2) is 12.8 Å². The predicted molar refractivity (Wildman–Crippen MR) is 116 cm³/mol. The third kappa shape index (κ3) is 4.45. The van der Waals surface area contributed by atoms with Crippen molar-refractivity contribution in [1.29, 1.82) is 0 Å². The molecule has 1 saturated heterocycles. The third-order valence-corrected chi connectivity index (χ3v) is 7.65. The Labute approximate surface area is 181 Å². The lowest BCUT2D eigenvalue weighted by atomic mass is 10.1. The van der Waals surface area contributed by atoms with Crippen molar-refractivity contribution in [1.82, 2.24) is 9.21 Å². The van der Waals surface area contributed by atoms with Crippen LogP contribution in [0.4, 0.5) is 10.1 Å². The minimum Gasteiger partial charge on any atom is -0.367 e. The molecule has 0 aliphatic carbocycles. The minimum atomic E-state index is -4.00. The maximum atomic E-state index is 14.3. The summed E-state index contributed by atoms with van der Waals surface area (Å²) in [4.78, 5) is 16.2. The molecule has 0 saturated carbocycles. The van der Waals surface area contributed by atoms with Crippen LogP contribution in [0.5, 0.6) is 0 Å². The zero-order valence-electron chi connectivity index (χ0n) is 17.0. The summed E-state index contributed by atoms with van der Waals surface area (Å²) in [6.07, 6.45) is 0. The van der Waals surface area contributed by atoms with E-state index in [1.54, 1.807) is 18.7 Å². The van der Waals surface area contributed by atoms with E-state index in [9.17, 15) is 17.6 Å². The number of benzene rings is 2. The van der Waals surface area contributed by atoms with Gasteiger partial charge >= 0.3 is 0 Å². The van der Waals surface area contributed by atoms with Crippen LogP contribution in [-0.4, -0.2) is 62.8 Å². The molecule has 0 spiro atoms. The molecule has 6 nitrogen and oxygen atoms in total. The summed E-state index contributed by atoms with van der Waals surface area (Å²) in [6.45, 7) is 5.93. The number of para-hydroxylation sites is 1. The lowest BCUT2D eigenvalue weighted by Gasteiger charge is -2.36. The molecule has 1 amide bonds. The van der Waals surface area contributed by atoms with Crippen LogP contribution in [0.25, 0.3) is 0 Å². The number of carbonyl (C=O) groups excluding carboxylic acids is 1. The van der Waals surface area contributed by atoms with Gasteiger partial charge in [0.1, 0.15) is 10.7 Å². The van der Waals surface area contributed by atoms with Crippen molar-refractivity contribution in [2.75, 3.05) is 44.2 Å². The van der Waals surface area contributed by atoms with Crippen molar-refractivity contribution in [3.8, 4) is 0 Å². The van der Waals surface area contributed by atoms with Gasteiger partial charge in [-0.05, 0) is 30.3 Å². The molecule has 1 aliphatic heterocycles. The van der Waals surface area contributed by atoms with Gasteiger partial charge in [-0.1, -0.05) is 37.6 Å². The molecule has 3 rings (SSSR count). The van der Waals surface area contributed by atoms with Crippen LogP contribution < -0.4 is 4.90 Å². The van der Waals surface area contributed by atoms with Crippen molar-refractivity contribution in [3.05, 3.63) is 58.9 Å². The standard InChI is InChI=1S/C21H25ClFN3O3S/c1-3-26(4-2)30(28,29)20-15-16(9-10-18(20)23)21(27)25-13-11-24(12-14-25)19-8-6-5-7-17(19)22/h5-10,15H,3-4,11-14H2,1-2H3. The van der Waals surface area contributed by atoms with Gasteiger partial charge in [0.05, 0.1) is 10.7 Å². The molecule has 0 bridgehead atoms. The first-order chi connectivity index (χ1) is 14.3. The van der Waals surface area contributed by atoms with E-state index in [2.05, 4.69) is 4.90 Å². The van der Waals surface area contributed by atoms with Gasteiger partial charge in [-0.2, -0.15) is 4.31 Å². The first kappa shape index (κ1) is 22.5. The monoisotopic (exact) mass is 453 g/mol. The molecule has 1 fully saturated rings. The highest BCUT2D eigenvalue weighted by Gasteiger charge is 2.28. The third-order valence-electron chi connectivity index (χ3n) is 5.26. The van der Waals surface area contributed by atoms with E-state index in [1.165, 1.54) is 10.4 Å². The molecule has 1 aliphatic rings. The molecule has 0 N–H and O–H groups in total. The largest absolute Gasteiger partial charge is 0.367 e. The lowest BCUT2D eigenvalue weighted by Crippen LogP contribution is -2.49. The minimum absolute atomic E-state index is 0.160. The maximum Gasteiger partial charge on any atom is 0.254 e. The average molecular weight is 454 g/mol. The van der Waals surface area contributed by atoms with Crippen LogP contribution >= 0.6 is 11.6 Å². The maximum absolute atomic E-state index is 14.3. The van der Waals surface area contributed by atoms with Crippen LogP contribution in [-0.2, 0) is 10.0 Å². The number of rotatable bonds is 6. The summed E-state index contributed by atoms with van der Waals surface area (Å²) in [5, 5.41) is 0.655.